The van der Waals surface area contributed by atoms with Crippen LogP contribution in [0.15, 0.2) is 352 Å². The molecule has 3 heteroatoms. The van der Waals surface area contributed by atoms with Crippen LogP contribution in [0.5, 0.6) is 0 Å². The lowest BCUT2D eigenvalue weighted by molar-refractivity contribution is 0.660. The van der Waals surface area contributed by atoms with E-state index in [1.54, 1.807) is 0 Å². The Labute approximate surface area is 824 Å². The maximum Gasteiger partial charge on any atom is 0.0620 e. The molecule has 3 nitrogen and oxygen atoms in total. The van der Waals surface area contributed by atoms with Crippen molar-refractivity contribution in [3.8, 4) is 66.8 Å². The van der Waals surface area contributed by atoms with Gasteiger partial charge in [0.05, 0.1) is 49.7 Å². The van der Waals surface area contributed by atoms with Gasteiger partial charge in [-0.25, -0.2) is 0 Å². The number of fused-ring (bicyclic) bond motifs is 27. The SMILES string of the molecule is CC(C)c1ccc2cc3c(cc2c1)c1cc(-c2ccc4c(c2)-c2ccccc2C4(C)C)cc2c4cc5cc(C(C)C)ccc5cc4n3c12.Cc1cc(-c2ccccc2)c(-c2cc3c4cc5cc(C(C)C)ccc5cc4n4c5cc6ccc(C(C)C)cc6cc5c(c2)c34)cc1C.Cc1cccc(-c2ccccc2)c1-c1cc2c3cc4cc(C(C)C)ccc4cc3n3c4cc5ccc(C(C)C)cc5cc4c(c1)c23. The fraction of sp³-hybridized carbons (Fsp3) is 0.174. The molecule has 6 heterocycles. The van der Waals surface area contributed by atoms with Crippen LogP contribution in [0.2, 0.25) is 0 Å². The van der Waals surface area contributed by atoms with Crippen molar-refractivity contribution in [1.29, 1.82) is 0 Å². The number of nitrogens with zero attached hydrogens (tertiary/aromatic N) is 3. The summed E-state index contributed by atoms with van der Waals surface area (Å²) in [6.07, 6.45) is 0. The lowest BCUT2D eigenvalue weighted by Gasteiger charge is -2.21. The van der Waals surface area contributed by atoms with Crippen molar-refractivity contribution in [2.24, 2.45) is 0 Å². The van der Waals surface area contributed by atoms with Gasteiger partial charge < -0.3 is 13.2 Å². The smallest absolute Gasteiger partial charge is 0.0620 e. The van der Waals surface area contributed by atoms with Crippen LogP contribution in [0.3, 0.4) is 0 Å². The van der Waals surface area contributed by atoms with Crippen molar-refractivity contribution < 1.29 is 0 Å². The molecule has 28 rings (SSSR count). The number of hydrogen-bond donors (Lipinski definition) is 0. The molecule has 0 aliphatic heterocycles. The molecule has 1 aliphatic carbocycles. The van der Waals surface area contributed by atoms with Crippen LogP contribution < -0.4 is 0 Å². The van der Waals surface area contributed by atoms with Crippen molar-refractivity contribution >= 4 is 179 Å². The van der Waals surface area contributed by atoms with Gasteiger partial charge in [0.15, 0.2) is 0 Å². The van der Waals surface area contributed by atoms with Crippen LogP contribution in [0, 0.1) is 20.8 Å². The van der Waals surface area contributed by atoms with E-state index >= 15 is 0 Å². The largest absolute Gasteiger partial charge is 0.308 e. The molecular weight excluding hydrogens is 1700 g/mol. The predicted octanol–water partition coefficient (Wildman–Crippen LogP) is 39.7. The molecule has 0 amide bonds. The minimum Gasteiger partial charge on any atom is -0.308 e. The lowest BCUT2D eigenvalue weighted by atomic mass is 9.82. The van der Waals surface area contributed by atoms with Gasteiger partial charge in [-0.3, -0.25) is 0 Å². The van der Waals surface area contributed by atoms with Gasteiger partial charge in [0, 0.05) is 70.0 Å². The van der Waals surface area contributed by atoms with Crippen molar-refractivity contribution in [3.63, 3.8) is 0 Å². The molecule has 682 valence electrons. The van der Waals surface area contributed by atoms with E-state index in [1.807, 2.05) is 0 Å². The molecule has 0 saturated carbocycles. The fourth-order valence-electron chi connectivity index (χ4n) is 24.5. The van der Waals surface area contributed by atoms with Crippen molar-refractivity contribution in [2.45, 2.75) is 159 Å². The molecule has 0 saturated heterocycles. The highest BCUT2D eigenvalue weighted by Gasteiger charge is 2.36. The molecule has 0 radical (unpaired) electrons. The van der Waals surface area contributed by atoms with Gasteiger partial charge in [0.2, 0.25) is 0 Å². The summed E-state index contributed by atoms with van der Waals surface area (Å²) in [6, 6.07) is 135. The third-order valence-electron chi connectivity index (χ3n) is 32.7. The molecule has 141 heavy (non-hydrogen) atoms. The Morgan fingerprint density at radius 1 is 0.177 bits per heavy atom. The number of hydrogen-bond acceptors (Lipinski definition) is 0. The van der Waals surface area contributed by atoms with Gasteiger partial charge in [-0.2, -0.15) is 0 Å². The normalized spacial score (nSPS) is 13.0. The number of rotatable bonds is 11. The first kappa shape index (κ1) is 86.0. The molecule has 6 aromatic heterocycles. The summed E-state index contributed by atoms with van der Waals surface area (Å²) in [7, 11) is 0. The summed E-state index contributed by atoms with van der Waals surface area (Å²) < 4.78 is 7.63. The first-order chi connectivity index (χ1) is 68.3. The number of aryl methyl sites for hydroxylation is 3. The lowest BCUT2D eigenvalue weighted by Crippen LogP contribution is -2.14. The Morgan fingerprint density at radius 3 is 0.794 bits per heavy atom. The first-order valence-electron chi connectivity index (χ1n) is 51.3. The Hall–Kier alpha value is -15.4. The van der Waals surface area contributed by atoms with Crippen LogP contribution >= 0.6 is 0 Å². The van der Waals surface area contributed by atoms with Gasteiger partial charge in [0.25, 0.3) is 0 Å². The van der Waals surface area contributed by atoms with Gasteiger partial charge in [-0.05, 0) is 364 Å². The number of aromatic nitrogens is 3. The zero-order valence-electron chi connectivity index (χ0n) is 83.8. The molecule has 1 aliphatic rings. The Morgan fingerprint density at radius 2 is 0.461 bits per heavy atom. The average Bonchev–Trinajstić information content (AvgIpc) is 1.54. The fourth-order valence-corrected chi connectivity index (χ4v) is 24.5. The van der Waals surface area contributed by atoms with Crippen LogP contribution in [-0.2, 0) is 5.41 Å². The molecule has 0 bridgehead atoms. The zero-order chi connectivity index (χ0) is 96.0. The van der Waals surface area contributed by atoms with E-state index in [9.17, 15) is 0 Å². The Balaban J connectivity index is 0.000000109. The van der Waals surface area contributed by atoms with Crippen LogP contribution in [0.1, 0.15) is 194 Å². The summed E-state index contributed by atoms with van der Waals surface area (Å²) >= 11 is 0. The average molecular weight is 1820 g/mol. The third kappa shape index (κ3) is 13.5. The van der Waals surface area contributed by atoms with Gasteiger partial charge >= 0.3 is 0 Å². The molecule has 0 N–H and O–H groups in total. The standard InChI is InChI=1S/C47H39N.C46H39N.C45H37N/c1-26(2)28-11-13-31-24-44-38(20-33(31)17-28)40-22-35(30-15-16-43-37(19-30)36-9-7-8-10-42(36)47(43,5)6)23-41-39-21-34-18-29(27(3)4)12-14-32(34)25-45(39)48(44)46(40)41;1-26(2)31-12-14-33-24-44-40(20-35(33)18-31)42-22-37(39-17-29(6)28(5)16-38(39)30-10-8-7-9-11-30)23-43-41-21-36-19-32(27(3)4)13-15-34(36)25-45(41)47(44)46(42)43;1-26(2)30-14-16-32-24-42-38(20-34(32)18-30)40-22-36(44-28(5)10-9-13-37(44)29-11-7-6-8-12-29)23-41-39-21-35-19-31(27(3)4)15-17-33(35)25-43(39)46(42)45(40)41/h7-27H,1-6H3;7-27H,1-6H3;6-27H,1-5H3. The van der Waals surface area contributed by atoms with E-state index in [0.29, 0.717) is 35.5 Å². The third-order valence-corrected chi connectivity index (χ3v) is 32.7. The van der Waals surface area contributed by atoms with E-state index in [2.05, 4.69) is 483 Å². The van der Waals surface area contributed by atoms with Gasteiger partial charge in [-0.1, -0.05) is 334 Å². The highest BCUT2D eigenvalue weighted by atomic mass is 14.9. The van der Waals surface area contributed by atoms with E-state index in [4.69, 9.17) is 0 Å². The second kappa shape index (κ2) is 32.1. The molecule has 21 aromatic carbocycles. The highest BCUT2D eigenvalue weighted by molar-refractivity contribution is 6.31. The van der Waals surface area contributed by atoms with E-state index in [0.717, 1.165) is 0 Å². The zero-order valence-corrected chi connectivity index (χ0v) is 83.8. The molecule has 27 aromatic rings. The minimum atomic E-state index is 0.000637. The van der Waals surface area contributed by atoms with Crippen LogP contribution in [0.4, 0.5) is 0 Å². The summed E-state index contributed by atoms with van der Waals surface area (Å²) in [6.45, 7) is 38.8. The summed E-state index contributed by atoms with van der Waals surface area (Å²) in [5.41, 5.74) is 42.3. The molecule has 0 unspecified atom stereocenters. The second-order valence-electron chi connectivity index (χ2n) is 43.7. The first-order valence-corrected chi connectivity index (χ1v) is 51.3. The van der Waals surface area contributed by atoms with Gasteiger partial charge in [0.1, 0.15) is 0 Å². The predicted molar refractivity (Wildman–Crippen MR) is 612 cm³/mol. The van der Waals surface area contributed by atoms with Gasteiger partial charge in [-0.15, -0.1) is 0 Å². The molecule has 0 atom stereocenters. The second-order valence-corrected chi connectivity index (χ2v) is 43.7. The molecule has 0 spiro atoms. The van der Waals surface area contributed by atoms with Crippen LogP contribution in [-0.4, -0.2) is 13.2 Å². The van der Waals surface area contributed by atoms with E-state index in [-0.39, 0.29) is 5.41 Å². The van der Waals surface area contributed by atoms with E-state index < -0.39 is 0 Å². The molecule has 0 fully saturated rings. The highest BCUT2D eigenvalue weighted by Crippen LogP contribution is 2.54. The summed E-state index contributed by atoms with van der Waals surface area (Å²) in [4.78, 5) is 0. The monoisotopic (exact) mass is 1810 g/mol. The quantitative estimate of drug-likeness (QED) is 0.122. The van der Waals surface area contributed by atoms with Crippen LogP contribution in [0.25, 0.3) is 246 Å². The minimum absolute atomic E-state index is 0.000637. The van der Waals surface area contributed by atoms with Crippen molar-refractivity contribution in [3.05, 3.63) is 413 Å². The Bertz CT molecular complexity index is 9520. The van der Waals surface area contributed by atoms with Crippen molar-refractivity contribution in [1.82, 2.24) is 13.2 Å². The summed E-state index contributed by atoms with van der Waals surface area (Å²) in [5, 5.41) is 31.5. The topological polar surface area (TPSA) is 13.2 Å². The number of benzene rings is 21. The van der Waals surface area contributed by atoms with Crippen molar-refractivity contribution in [2.75, 3.05) is 0 Å². The van der Waals surface area contributed by atoms with E-state index in [1.165, 1.54) is 307 Å². The summed E-state index contributed by atoms with van der Waals surface area (Å²) in [5.74, 6) is 2.96. The maximum absolute atomic E-state index is 2.55. The molecular formula is C138H115N3. The Kier molecular flexibility index (Phi) is 19.5. The maximum atomic E-state index is 2.55.